The fraction of sp³-hybridized carbons (Fsp3) is 0.0588. The molecular formula is C17H9Cl2FN2O4S. The second kappa shape index (κ2) is 7.67. The minimum absolute atomic E-state index is 0.0291. The molecule has 0 unspecified atom stereocenters. The molecule has 138 valence electrons. The van der Waals surface area contributed by atoms with Gasteiger partial charge in [0.05, 0.1) is 16.4 Å². The van der Waals surface area contributed by atoms with Crippen LogP contribution in [0.3, 0.4) is 0 Å². The van der Waals surface area contributed by atoms with Crippen molar-refractivity contribution in [1.29, 1.82) is 0 Å². The van der Waals surface area contributed by atoms with E-state index in [-0.39, 0.29) is 32.7 Å². The molecular weight excluding hydrogens is 418 g/mol. The Morgan fingerprint density at radius 2 is 1.81 bits per heavy atom. The fourth-order valence-electron chi connectivity index (χ4n) is 2.37. The maximum Gasteiger partial charge on any atom is 0.293 e. The number of rotatable bonds is 4. The molecule has 1 fully saturated rings. The number of hydrogen-bond donors (Lipinski definition) is 0. The molecule has 0 saturated carbocycles. The van der Waals surface area contributed by atoms with Crippen molar-refractivity contribution in [3.05, 3.63) is 78.4 Å². The summed E-state index contributed by atoms with van der Waals surface area (Å²) in [5, 5.41) is 10.4. The summed E-state index contributed by atoms with van der Waals surface area (Å²) in [7, 11) is 0. The van der Waals surface area contributed by atoms with Gasteiger partial charge in [-0.05, 0) is 41.6 Å². The van der Waals surface area contributed by atoms with Gasteiger partial charge in [0.25, 0.3) is 16.8 Å². The maximum atomic E-state index is 13.0. The van der Waals surface area contributed by atoms with Crippen LogP contribution >= 0.6 is 35.0 Å². The number of imide groups is 1. The van der Waals surface area contributed by atoms with Gasteiger partial charge < -0.3 is 0 Å². The molecule has 0 N–H and O–H groups in total. The summed E-state index contributed by atoms with van der Waals surface area (Å²) in [5.41, 5.74) is 0.295. The van der Waals surface area contributed by atoms with Gasteiger partial charge in [0.1, 0.15) is 10.8 Å². The summed E-state index contributed by atoms with van der Waals surface area (Å²) in [6.45, 7) is -0.0291. The molecule has 2 amide bonds. The Morgan fingerprint density at radius 3 is 2.44 bits per heavy atom. The first kappa shape index (κ1) is 19.3. The predicted octanol–water partition coefficient (Wildman–Crippen LogP) is 5.28. The molecule has 2 aromatic rings. The van der Waals surface area contributed by atoms with E-state index in [0.717, 1.165) is 11.0 Å². The fourth-order valence-corrected chi connectivity index (χ4v) is 3.74. The van der Waals surface area contributed by atoms with Crippen molar-refractivity contribution in [3.8, 4) is 0 Å². The average Bonchev–Trinajstić information content (AvgIpc) is 2.87. The van der Waals surface area contributed by atoms with Crippen molar-refractivity contribution in [1.82, 2.24) is 4.90 Å². The second-order valence-electron chi connectivity index (χ2n) is 5.45. The molecule has 0 aliphatic carbocycles. The third kappa shape index (κ3) is 3.97. The van der Waals surface area contributed by atoms with Crippen LogP contribution in [0, 0.1) is 15.9 Å². The monoisotopic (exact) mass is 426 g/mol. The summed E-state index contributed by atoms with van der Waals surface area (Å²) in [5.74, 6) is -1.02. The molecule has 0 atom stereocenters. The molecule has 1 aliphatic heterocycles. The van der Waals surface area contributed by atoms with Crippen LogP contribution in [0.2, 0.25) is 10.0 Å². The van der Waals surface area contributed by atoms with E-state index >= 15 is 0 Å². The van der Waals surface area contributed by atoms with Crippen molar-refractivity contribution >= 4 is 57.9 Å². The maximum absolute atomic E-state index is 13.0. The van der Waals surface area contributed by atoms with Crippen LogP contribution in [0.1, 0.15) is 11.1 Å². The Hall–Kier alpha value is -2.42. The Morgan fingerprint density at radius 1 is 1.15 bits per heavy atom. The number of nitro groups is 1. The predicted molar refractivity (Wildman–Crippen MR) is 101 cm³/mol. The normalized spacial score (nSPS) is 15.7. The molecule has 0 radical (unpaired) electrons. The molecule has 3 rings (SSSR count). The number of carbonyl (C=O) groups is 2. The quantitative estimate of drug-likeness (QED) is 0.377. The van der Waals surface area contributed by atoms with Gasteiger partial charge in [0, 0.05) is 16.7 Å². The molecule has 10 heteroatoms. The molecule has 0 aromatic heterocycles. The number of thioether (sulfide) groups is 1. The highest BCUT2D eigenvalue weighted by molar-refractivity contribution is 8.18. The zero-order chi connectivity index (χ0) is 19.7. The summed E-state index contributed by atoms with van der Waals surface area (Å²) >= 11 is 12.7. The number of benzene rings is 2. The highest BCUT2D eigenvalue weighted by Crippen LogP contribution is 2.39. The van der Waals surface area contributed by atoms with Crippen molar-refractivity contribution in [2.24, 2.45) is 0 Å². The largest absolute Gasteiger partial charge is 0.293 e. The topological polar surface area (TPSA) is 80.5 Å². The van der Waals surface area contributed by atoms with Crippen LogP contribution < -0.4 is 0 Å². The SMILES string of the molecule is O=C1S/C(=C\c2c(Cl)ccc([N+](=O)[O-])c2Cl)C(=O)N1Cc1ccc(F)cc1. The van der Waals surface area contributed by atoms with Gasteiger partial charge in [-0.2, -0.15) is 0 Å². The molecule has 27 heavy (non-hydrogen) atoms. The first-order valence-electron chi connectivity index (χ1n) is 7.40. The lowest BCUT2D eigenvalue weighted by Crippen LogP contribution is -2.27. The van der Waals surface area contributed by atoms with Crippen LogP contribution in [0.5, 0.6) is 0 Å². The van der Waals surface area contributed by atoms with Crippen LogP contribution in [0.4, 0.5) is 14.9 Å². The Labute approximate surface area is 166 Å². The van der Waals surface area contributed by atoms with Gasteiger partial charge in [-0.25, -0.2) is 4.39 Å². The summed E-state index contributed by atoms with van der Waals surface area (Å²) in [6.07, 6.45) is 1.26. The van der Waals surface area contributed by atoms with Crippen molar-refractivity contribution in [3.63, 3.8) is 0 Å². The van der Waals surface area contributed by atoms with E-state index in [9.17, 15) is 24.1 Å². The van der Waals surface area contributed by atoms with Gasteiger partial charge in [-0.3, -0.25) is 24.6 Å². The van der Waals surface area contributed by atoms with E-state index in [0.29, 0.717) is 17.3 Å². The first-order valence-corrected chi connectivity index (χ1v) is 8.97. The summed E-state index contributed by atoms with van der Waals surface area (Å²) in [6, 6.07) is 7.84. The number of amides is 2. The van der Waals surface area contributed by atoms with Crippen LogP contribution in [0.25, 0.3) is 6.08 Å². The number of nitrogens with zero attached hydrogens (tertiary/aromatic N) is 2. The van der Waals surface area contributed by atoms with Gasteiger partial charge >= 0.3 is 0 Å². The zero-order valence-electron chi connectivity index (χ0n) is 13.3. The molecule has 0 bridgehead atoms. The summed E-state index contributed by atoms with van der Waals surface area (Å²) in [4.78, 5) is 36.1. The second-order valence-corrected chi connectivity index (χ2v) is 7.22. The van der Waals surface area contributed by atoms with Crippen LogP contribution in [-0.2, 0) is 11.3 Å². The van der Waals surface area contributed by atoms with Gasteiger partial charge in [-0.15, -0.1) is 0 Å². The van der Waals surface area contributed by atoms with E-state index in [1.807, 2.05) is 0 Å². The zero-order valence-corrected chi connectivity index (χ0v) is 15.6. The number of carbonyl (C=O) groups excluding carboxylic acids is 2. The lowest BCUT2D eigenvalue weighted by Gasteiger charge is -2.12. The molecule has 1 aliphatic rings. The summed E-state index contributed by atoms with van der Waals surface area (Å²) < 4.78 is 13.0. The minimum atomic E-state index is -0.670. The van der Waals surface area contributed by atoms with E-state index in [1.54, 1.807) is 0 Å². The highest BCUT2D eigenvalue weighted by Gasteiger charge is 2.35. The van der Waals surface area contributed by atoms with Crippen LogP contribution in [0.15, 0.2) is 41.3 Å². The van der Waals surface area contributed by atoms with Gasteiger partial charge in [-0.1, -0.05) is 35.3 Å². The number of nitro benzene ring substituents is 1. The Bertz CT molecular complexity index is 995. The minimum Gasteiger partial charge on any atom is -0.268 e. The molecule has 1 saturated heterocycles. The third-order valence-corrected chi connectivity index (χ3v) is 5.34. The van der Waals surface area contributed by atoms with Crippen molar-refractivity contribution in [2.45, 2.75) is 6.54 Å². The standard InChI is InChI=1S/C17H9Cl2FN2O4S/c18-12-5-6-13(22(25)26)15(19)11(12)7-14-16(23)21(17(24)27-14)8-9-1-3-10(20)4-2-9/h1-7H,8H2/b14-7-. The van der Waals surface area contributed by atoms with Gasteiger partial charge in [0.2, 0.25) is 0 Å². The van der Waals surface area contributed by atoms with E-state index in [4.69, 9.17) is 23.2 Å². The van der Waals surface area contributed by atoms with E-state index in [1.165, 1.54) is 36.4 Å². The highest BCUT2D eigenvalue weighted by atomic mass is 35.5. The first-order chi connectivity index (χ1) is 12.8. The van der Waals surface area contributed by atoms with Crippen molar-refractivity contribution in [2.75, 3.05) is 0 Å². The molecule has 6 nitrogen and oxygen atoms in total. The van der Waals surface area contributed by atoms with Gasteiger partial charge in [0.15, 0.2) is 0 Å². The smallest absolute Gasteiger partial charge is 0.268 e. The molecule has 2 aromatic carbocycles. The lowest BCUT2D eigenvalue weighted by molar-refractivity contribution is -0.384. The molecule has 0 spiro atoms. The lowest BCUT2D eigenvalue weighted by atomic mass is 10.1. The third-order valence-electron chi connectivity index (χ3n) is 3.71. The van der Waals surface area contributed by atoms with Crippen LogP contribution in [-0.4, -0.2) is 21.0 Å². The van der Waals surface area contributed by atoms with E-state index < -0.39 is 21.9 Å². The molecule has 1 heterocycles. The Balaban J connectivity index is 1.92. The number of hydrogen-bond acceptors (Lipinski definition) is 5. The van der Waals surface area contributed by atoms with Crippen molar-refractivity contribution < 1.29 is 18.9 Å². The average molecular weight is 427 g/mol. The Kier molecular flexibility index (Phi) is 5.50. The van der Waals surface area contributed by atoms with E-state index in [2.05, 4.69) is 0 Å². The number of halogens is 3.